The summed E-state index contributed by atoms with van der Waals surface area (Å²) in [5.41, 5.74) is 3.16. The highest BCUT2D eigenvalue weighted by atomic mass is 35.5. The number of H-pyrrole nitrogens is 1. The first kappa shape index (κ1) is 22.0. The Bertz CT molecular complexity index is 1400. The number of nitrogens with zero attached hydrogens (tertiary/aromatic N) is 1. The third kappa shape index (κ3) is 3.54. The molecule has 0 fully saturated rings. The summed E-state index contributed by atoms with van der Waals surface area (Å²) in [4.78, 5) is 3.01. The van der Waals surface area contributed by atoms with Gasteiger partial charge in [-0.05, 0) is 41.0 Å². The third-order valence-electron chi connectivity index (χ3n) is 5.82. The predicted molar refractivity (Wildman–Crippen MR) is 121 cm³/mol. The number of fused-ring (bicyclic) bond motifs is 2. The van der Waals surface area contributed by atoms with Crippen molar-refractivity contribution in [2.45, 2.75) is 12.1 Å². The minimum atomic E-state index is -4.41. The second-order valence-corrected chi connectivity index (χ2v) is 7.67. The number of halogens is 5. The maximum absolute atomic E-state index is 14.3. The van der Waals surface area contributed by atoms with E-state index in [0.29, 0.717) is 16.5 Å². The van der Waals surface area contributed by atoms with Crippen molar-refractivity contribution in [1.29, 1.82) is 0 Å². The molecule has 0 radical (unpaired) electrons. The van der Waals surface area contributed by atoms with Gasteiger partial charge in [0.15, 0.2) is 0 Å². The van der Waals surface area contributed by atoms with Gasteiger partial charge in [-0.1, -0.05) is 42.5 Å². The van der Waals surface area contributed by atoms with Crippen LogP contribution in [0.1, 0.15) is 28.2 Å². The maximum Gasteiger partial charge on any atom is 0.416 e. The zero-order chi connectivity index (χ0) is 21.8. The van der Waals surface area contributed by atoms with Gasteiger partial charge in [0.2, 0.25) is 0 Å². The predicted octanol–water partition coefficient (Wildman–Crippen LogP) is 7.42. The molecule has 0 bridgehead atoms. The number of alkyl halides is 3. The number of aromatic amines is 1. The van der Waals surface area contributed by atoms with E-state index in [-0.39, 0.29) is 24.1 Å². The second kappa shape index (κ2) is 8.02. The van der Waals surface area contributed by atoms with Gasteiger partial charge >= 0.3 is 6.18 Å². The highest BCUT2D eigenvalue weighted by Crippen LogP contribution is 2.41. The van der Waals surface area contributed by atoms with E-state index in [2.05, 4.69) is 4.98 Å². The first-order valence-electron chi connectivity index (χ1n) is 9.81. The molecule has 0 aliphatic rings. The number of rotatable bonds is 3. The normalized spacial score (nSPS) is 12.8. The van der Waals surface area contributed by atoms with Crippen LogP contribution in [0, 0.1) is 5.82 Å². The lowest BCUT2D eigenvalue weighted by Crippen LogP contribution is -2.07. The van der Waals surface area contributed by atoms with E-state index in [0.717, 1.165) is 34.2 Å². The third-order valence-corrected chi connectivity index (χ3v) is 5.82. The van der Waals surface area contributed by atoms with Crippen molar-refractivity contribution >= 4 is 34.2 Å². The molecule has 0 aliphatic heterocycles. The number of para-hydroxylation sites is 2. The van der Waals surface area contributed by atoms with Crippen molar-refractivity contribution in [3.63, 3.8) is 0 Å². The van der Waals surface area contributed by atoms with Gasteiger partial charge in [-0.2, -0.15) is 13.2 Å². The van der Waals surface area contributed by atoms with Crippen molar-refractivity contribution in [2.24, 2.45) is 7.05 Å². The van der Waals surface area contributed by atoms with E-state index in [9.17, 15) is 17.6 Å². The summed E-state index contributed by atoms with van der Waals surface area (Å²) < 4.78 is 55.7. The highest BCUT2D eigenvalue weighted by molar-refractivity contribution is 5.89. The Morgan fingerprint density at radius 2 is 1.53 bits per heavy atom. The Balaban J connectivity index is 0.00000245. The van der Waals surface area contributed by atoms with Crippen LogP contribution in [0.15, 0.2) is 79.1 Å². The minimum absolute atomic E-state index is 0. The molecule has 2 heterocycles. The van der Waals surface area contributed by atoms with Gasteiger partial charge in [0.1, 0.15) is 5.82 Å². The fourth-order valence-corrected chi connectivity index (χ4v) is 4.37. The number of hydrogen-bond donors (Lipinski definition) is 1. The molecule has 0 amide bonds. The summed E-state index contributed by atoms with van der Waals surface area (Å²) in [7, 11) is 1.94. The van der Waals surface area contributed by atoms with E-state index >= 15 is 0 Å². The van der Waals surface area contributed by atoms with Crippen LogP contribution < -0.4 is 0 Å². The molecule has 5 aromatic rings. The molecule has 2 aromatic heterocycles. The largest absolute Gasteiger partial charge is 0.416 e. The first-order valence-corrected chi connectivity index (χ1v) is 9.81. The van der Waals surface area contributed by atoms with Crippen LogP contribution in [-0.4, -0.2) is 9.55 Å². The first-order chi connectivity index (χ1) is 14.8. The number of hydrogen-bond acceptors (Lipinski definition) is 0. The van der Waals surface area contributed by atoms with E-state index in [1.807, 2.05) is 48.1 Å². The van der Waals surface area contributed by atoms with E-state index in [1.165, 1.54) is 18.2 Å². The zero-order valence-electron chi connectivity index (χ0n) is 17.0. The van der Waals surface area contributed by atoms with E-state index in [1.54, 1.807) is 12.3 Å². The second-order valence-electron chi connectivity index (χ2n) is 7.67. The lowest BCUT2D eigenvalue weighted by molar-refractivity contribution is -0.137. The van der Waals surface area contributed by atoms with E-state index < -0.39 is 11.7 Å². The van der Waals surface area contributed by atoms with Gasteiger partial charge in [-0.25, -0.2) is 4.39 Å². The molecule has 32 heavy (non-hydrogen) atoms. The Kier molecular flexibility index (Phi) is 5.51. The van der Waals surface area contributed by atoms with Crippen LogP contribution in [-0.2, 0) is 13.2 Å². The summed E-state index contributed by atoms with van der Waals surface area (Å²) in [5.74, 6) is -0.739. The molecule has 3 aromatic carbocycles. The molecule has 164 valence electrons. The van der Waals surface area contributed by atoms with Crippen LogP contribution >= 0.6 is 12.4 Å². The molecule has 0 aliphatic carbocycles. The molecule has 2 nitrogen and oxygen atoms in total. The fraction of sp³-hybridized carbons (Fsp3) is 0.120. The number of aryl methyl sites for hydroxylation is 1. The molecule has 1 N–H and O–H groups in total. The quantitative estimate of drug-likeness (QED) is 0.271. The van der Waals surface area contributed by atoms with Gasteiger partial charge in [-0.3, -0.25) is 0 Å². The van der Waals surface area contributed by atoms with Crippen molar-refractivity contribution in [3.05, 3.63) is 107 Å². The van der Waals surface area contributed by atoms with Gasteiger partial charge in [0.05, 0.1) is 11.1 Å². The maximum atomic E-state index is 14.3. The van der Waals surface area contributed by atoms with Crippen LogP contribution in [0.3, 0.4) is 0 Å². The minimum Gasteiger partial charge on any atom is -0.358 e. The van der Waals surface area contributed by atoms with Crippen LogP contribution in [0.25, 0.3) is 21.8 Å². The summed E-state index contributed by atoms with van der Waals surface area (Å²) in [5, 5.41) is 1.71. The number of aromatic nitrogens is 2. The summed E-state index contributed by atoms with van der Waals surface area (Å²) in [6, 6.07) is 17.9. The van der Waals surface area contributed by atoms with Gasteiger partial charge in [0, 0.05) is 41.6 Å². The molecular weight excluding hydrogens is 440 g/mol. The van der Waals surface area contributed by atoms with Gasteiger partial charge < -0.3 is 9.55 Å². The van der Waals surface area contributed by atoms with Crippen molar-refractivity contribution in [2.75, 3.05) is 0 Å². The monoisotopic (exact) mass is 458 g/mol. The lowest BCUT2D eigenvalue weighted by atomic mass is 9.84. The fourth-order valence-electron chi connectivity index (χ4n) is 4.37. The lowest BCUT2D eigenvalue weighted by Gasteiger charge is -2.18. The zero-order valence-corrected chi connectivity index (χ0v) is 17.8. The average molecular weight is 459 g/mol. The van der Waals surface area contributed by atoms with Crippen LogP contribution in [0.2, 0.25) is 0 Å². The van der Waals surface area contributed by atoms with Gasteiger partial charge in [0.25, 0.3) is 0 Å². The van der Waals surface area contributed by atoms with Crippen LogP contribution in [0.5, 0.6) is 0 Å². The molecule has 5 rings (SSSR count). The summed E-state index contributed by atoms with van der Waals surface area (Å²) >= 11 is 0. The Morgan fingerprint density at radius 3 is 2.25 bits per heavy atom. The highest BCUT2D eigenvalue weighted by Gasteiger charge is 2.31. The summed E-state index contributed by atoms with van der Waals surface area (Å²) in [6.45, 7) is 0. The molecule has 0 saturated carbocycles. The molecule has 1 unspecified atom stereocenters. The van der Waals surface area contributed by atoms with Gasteiger partial charge in [-0.15, -0.1) is 12.4 Å². The topological polar surface area (TPSA) is 20.7 Å². The molecule has 1 atom stereocenters. The van der Waals surface area contributed by atoms with Crippen LogP contribution in [0.4, 0.5) is 17.6 Å². The Morgan fingerprint density at radius 1 is 0.844 bits per heavy atom. The van der Waals surface area contributed by atoms with Crippen molar-refractivity contribution in [3.8, 4) is 0 Å². The standard InChI is InChI=1S/C25H18F4N2.ClH/c1-31-14-20(17-5-2-3-8-22(17)31)23(15-9-11-16(12-10-15)25(27,28)29)19-13-30-24-18(19)6-4-7-21(24)26;/h2-14,23,30H,1H3;1H. The Labute approximate surface area is 187 Å². The average Bonchev–Trinajstić information content (AvgIpc) is 3.32. The Hall–Kier alpha value is -3.25. The molecule has 0 saturated heterocycles. The SMILES string of the molecule is Cl.Cn1cc(C(c2ccc(C(F)(F)F)cc2)c2c[nH]c3c(F)cccc23)c2ccccc21. The molecular formula is C25H19ClF4N2. The molecule has 0 spiro atoms. The summed E-state index contributed by atoms with van der Waals surface area (Å²) in [6.07, 6.45) is -0.666. The van der Waals surface area contributed by atoms with Crippen molar-refractivity contribution in [1.82, 2.24) is 9.55 Å². The van der Waals surface area contributed by atoms with Crippen molar-refractivity contribution < 1.29 is 17.6 Å². The van der Waals surface area contributed by atoms with E-state index in [4.69, 9.17) is 0 Å². The number of benzene rings is 3. The smallest absolute Gasteiger partial charge is 0.358 e. The number of nitrogens with one attached hydrogen (secondary N) is 1. The molecule has 7 heteroatoms.